The fourth-order valence-electron chi connectivity index (χ4n) is 1.54. The monoisotopic (exact) mass is 275 g/mol. The van der Waals surface area contributed by atoms with Gasteiger partial charge in [-0.3, -0.25) is 4.79 Å². The third-order valence-electron chi connectivity index (χ3n) is 2.66. The molecule has 0 bridgehead atoms. The molecule has 0 aliphatic heterocycles. The van der Waals surface area contributed by atoms with Gasteiger partial charge in [0, 0.05) is 6.61 Å². The van der Waals surface area contributed by atoms with Crippen LogP contribution in [-0.4, -0.2) is 44.0 Å². The van der Waals surface area contributed by atoms with E-state index < -0.39 is 5.54 Å². The summed E-state index contributed by atoms with van der Waals surface area (Å²) in [6.45, 7) is 9.74. The predicted molar refractivity (Wildman–Crippen MR) is 75.0 cm³/mol. The van der Waals surface area contributed by atoms with Gasteiger partial charge in [-0.25, -0.2) is 0 Å². The van der Waals surface area contributed by atoms with Gasteiger partial charge in [-0.15, -0.1) is 0 Å². The Hall–Kier alpha value is -0.650. The molecular weight excluding hydrogens is 246 g/mol. The average Bonchev–Trinajstić information content (AvgIpc) is 2.32. The fraction of sp³-hybridized carbons (Fsp3) is 0.929. The van der Waals surface area contributed by atoms with Gasteiger partial charge in [0.05, 0.1) is 25.9 Å². The summed E-state index contributed by atoms with van der Waals surface area (Å²) in [5, 5.41) is 0. The first-order valence-corrected chi connectivity index (χ1v) is 7.05. The number of nitrogens with two attached hydrogens (primary N) is 1. The third-order valence-corrected chi connectivity index (χ3v) is 2.66. The predicted octanol–water partition coefficient (Wildman–Crippen LogP) is 1.88. The zero-order valence-electron chi connectivity index (χ0n) is 12.7. The lowest BCUT2D eigenvalue weighted by Gasteiger charge is -2.21. The number of ether oxygens (including phenoxy) is 3. The number of carbonyl (C=O) groups is 1. The van der Waals surface area contributed by atoms with Gasteiger partial charge in [0.15, 0.2) is 0 Å². The van der Waals surface area contributed by atoms with E-state index in [1.807, 2.05) is 13.8 Å². The van der Waals surface area contributed by atoms with E-state index in [9.17, 15) is 4.79 Å². The van der Waals surface area contributed by atoms with E-state index in [0.717, 1.165) is 12.8 Å². The van der Waals surface area contributed by atoms with E-state index in [1.54, 1.807) is 13.8 Å². The van der Waals surface area contributed by atoms with Crippen molar-refractivity contribution in [2.45, 2.75) is 58.6 Å². The summed E-state index contributed by atoms with van der Waals surface area (Å²) >= 11 is 0. The molecule has 19 heavy (non-hydrogen) atoms. The van der Waals surface area contributed by atoms with Crippen LogP contribution in [0.4, 0.5) is 0 Å². The van der Waals surface area contributed by atoms with Gasteiger partial charge in [-0.05, 0) is 47.0 Å². The molecule has 0 saturated heterocycles. The van der Waals surface area contributed by atoms with Crippen LogP contribution in [0.5, 0.6) is 0 Å². The normalized spacial score (nSPS) is 14.4. The van der Waals surface area contributed by atoms with Crippen LogP contribution in [0, 0.1) is 0 Å². The van der Waals surface area contributed by atoms with Crippen molar-refractivity contribution >= 4 is 5.97 Å². The van der Waals surface area contributed by atoms with Crippen molar-refractivity contribution in [3.05, 3.63) is 0 Å². The third kappa shape index (κ3) is 9.87. The van der Waals surface area contributed by atoms with Gasteiger partial charge in [0.1, 0.15) is 5.54 Å². The van der Waals surface area contributed by atoms with E-state index in [4.69, 9.17) is 19.9 Å². The molecule has 0 aliphatic carbocycles. The van der Waals surface area contributed by atoms with Gasteiger partial charge in [0.2, 0.25) is 0 Å². The summed E-state index contributed by atoms with van der Waals surface area (Å²) in [5.74, 6) is -0.332. The minimum absolute atomic E-state index is 0.242. The summed E-state index contributed by atoms with van der Waals surface area (Å²) in [5.41, 5.74) is 5.01. The molecule has 0 aromatic heterocycles. The number of hydrogen-bond acceptors (Lipinski definition) is 5. The average molecular weight is 275 g/mol. The molecule has 0 fully saturated rings. The van der Waals surface area contributed by atoms with Crippen molar-refractivity contribution in [3.63, 3.8) is 0 Å². The molecule has 0 saturated carbocycles. The number of carbonyl (C=O) groups excluding carboxylic acids is 1. The Balaban J connectivity index is 3.50. The van der Waals surface area contributed by atoms with Crippen LogP contribution < -0.4 is 5.73 Å². The van der Waals surface area contributed by atoms with Crippen LogP contribution in [0.3, 0.4) is 0 Å². The van der Waals surface area contributed by atoms with Crippen LogP contribution in [0.25, 0.3) is 0 Å². The van der Waals surface area contributed by atoms with Crippen molar-refractivity contribution in [2.24, 2.45) is 5.73 Å². The zero-order valence-corrected chi connectivity index (χ0v) is 12.7. The van der Waals surface area contributed by atoms with Gasteiger partial charge in [-0.2, -0.15) is 0 Å². The van der Waals surface area contributed by atoms with Crippen molar-refractivity contribution in [1.82, 2.24) is 0 Å². The van der Waals surface area contributed by atoms with Crippen LogP contribution >= 0.6 is 0 Å². The first-order chi connectivity index (χ1) is 8.90. The standard InChI is InChI=1S/C14H29NO4/c1-5-18-13(16)14(4,15)8-6-7-9-17-10-11-19-12(2)3/h12H,5-11,15H2,1-4H3. The molecule has 1 unspecified atom stereocenters. The van der Waals surface area contributed by atoms with Gasteiger partial charge < -0.3 is 19.9 Å². The number of esters is 1. The summed E-state index contributed by atoms with van der Waals surface area (Å²) in [4.78, 5) is 11.5. The minimum atomic E-state index is -0.892. The van der Waals surface area contributed by atoms with Crippen LogP contribution in [0.2, 0.25) is 0 Å². The molecule has 0 spiro atoms. The second kappa shape index (κ2) is 10.2. The van der Waals surface area contributed by atoms with Crippen LogP contribution in [-0.2, 0) is 19.0 Å². The van der Waals surface area contributed by atoms with E-state index >= 15 is 0 Å². The lowest BCUT2D eigenvalue weighted by Crippen LogP contribution is -2.46. The molecule has 0 rings (SSSR count). The molecule has 114 valence electrons. The summed E-state index contributed by atoms with van der Waals surface area (Å²) in [7, 11) is 0. The number of hydrogen-bond donors (Lipinski definition) is 1. The molecule has 0 aromatic rings. The Morgan fingerprint density at radius 2 is 1.89 bits per heavy atom. The Morgan fingerprint density at radius 3 is 2.47 bits per heavy atom. The number of unbranched alkanes of at least 4 members (excludes halogenated alkanes) is 1. The Bertz CT molecular complexity index is 242. The lowest BCUT2D eigenvalue weighted by atomic mass is 9.96. The van der Waals surface area contributed by atoms with E-state index in [2.05, 4.69) is 0 Å². The molecule has 0 aliphatic rings. The largest absolute Gasteiger partial charge is 0.465 e. The van der Waals surface area contributed by atoms with Crippen molar-refractivity contribution in [3.8, 4) is 0 Å². The highest BCUT2D eigenvalue weighted by Crippen LogP contribution is 2.12. The minimum Gasteiger partial charge on any atom is -0.465 e. The second-order valence-electron chi connectivity index (χ2n) is 5.13. The maximum Gasteiger partial charge on any atom is 0.325 e. The summed E-state index contributed by atoms with van der Waals surface area (Å²) < 4.78 is 15.7. The lowest BCUT2D eigenvalue weighted by molar-refractivity contribution is -0.149. The molecule has 2 N–H and O–H groups in total. The quantitative estimate of drug-likeness (QED) is 0.460. The first kappa shape index (κ1) is 18.4. The SMILES string of the molecule is CCOC(=O)C(C)(N)CCCCOCCOC(C)C. The maximum absolute atomic E-state index is 11.5. The second-order valence-corrected chi connectivity index (χ2v) is 5.13. The number of rotatable bonds is 11. The summed E-state index contributed by atoms with van der Waals surface area (Å²) in [6.07, 6.45) is 2.58. The fourth-order valence-corrected chi connectivity index (χ4v) is 1.54. The molecule has 0 radical (unpaired) electrons. The van der Waals surface area contributed by atoms with Crippen molar-refractivity contribution in [1.29, 1.82) is 0 Å². The van der Waals surface area contributed by atoms with E-state index in [1.165, 1.54) is 0 Å². The Morgan fingerprint density at radius 1 is 1.21 bits per heavy atom. The molecule has 1 atom stereocenters. The molecule has 5 nitrogen and oxygen atoms in total. The van der Waals surface area contributed by atoms with Crippen molar-refractivity contribution < 1.29 is 19.0 Å². The molecule has 0 aromatic carbocycles. The highest BCUT2D eigenvalue weighted by Gasteiger charge is 2.28. The van der Waals surface area contributed by atoms with Gasteiger partial charge in [-0.1, -0.05) is 0 Å². The van der Waals surface area contributed by atoms with E-state index in [0.29, 0.717) is 32.8 Å². The molecule has 0 amide bonds. The highest BCUT2D eigenvalue weighted by molar-refractivity contribution is 5.79. The smallest absolute Gasteiger partial charge is 0.325 e. The first-order valence-electron chi connectivity index (χ1n) is 7.05. The Kier molecular flexibility index (Phi) is 9.83. The highest BCUT2D eigenvalue weighted by atomic mass is 16.5. The summed E-state index contributed by atoms with van der Waals surface area (Å²) in [6, 6.07) is 0. The van der Waals surface area contributed by atoms with E-state index in [-0.39, 0.29) is 12.1 Å². The van der Waals surface area contributed by atoms with Crippen LogP contribution in [0.15, 0.2) is 0 Å². The Labute approximate surface area is 116 Å². The van der Waals surface area contributed by atoms with Gasteiger partial charge >= 0.3 is 5.97 Å². The molecule has 5 heteroatoms. The topological polar surface area (TPSA) is 70.8 Å². The maximum atomic E-state index is 11.5. The van der Waals surface area contributed by atoms with Crippen molar-refractivity contribution in [2.75, 3.05) is 26.4 Å². The molecular formula is C14H29NO4. The zero-order chi connectivity index (χ0) is 14.7. The van der Waals surface area contributed by atoms with Gasteiger partial charge in [0.25, 0.3) is 0 Å². The van der Waals surface area contributed by atoms with Crippen LogP contribution in [0.1, 0.15) is 47.0 Å². The molecule has 0 heterocycles.